The molecule has 0 aromatic carbocycles. The fourth-order valence-corrected chi connectivity index (χ4v) is 2.24. The number of ether oxygens (including phenoxy) is 1. The SMILES string of the molecule is CC.CC12CCC(C)(C1)OC2. The third-order valence-electron chi connectivity index (χ3n) is 2.83. The molecule has 1 aliphatic carbocycles. The predicted octanol–water partition coefficient (Wildman–Crippen LogP) is 2.99. The molecule has 1 aliphatic heterocycles. The summed E-state index contributed by atoms with van der Waals surface area (Å²) in [4.78, 5) is 0. The van der Waals surface area contributed by atoms with Crippen LogP contribution in [-0.2, 0) is 4.74 Å². The highest BCUT2D eigenvalue weighted by Crippen LogP contribution is 2.52. The Bertz CT molecular complexity index is 116. The molecule has 0 amide bonds. The van der Waals surface area contributed by atoms with Crippen LogP contribution in [0.15, 0.2) is 0 Å². The molecule has 2 rings (SSSR count). The lowest BCUT2D eigenvalue weighted by atomic mass is 9.91. The summed E-state index contributed by atoms with van der Waals surface area (Å²) in [5.74, 6) is 0. The maximum Gasteiger partial charge on any atom is 0.0661 e. The largest absolute Gasteiger partial charge is 0.375 e. The summed E-state index contributed by atoms with van der Waals surface area (Å²) in [5, 5.41) is 0. The van der Waals surface area contributed by atoms with Gasteiger partial charge in [-0.1, -0.05) is 20.8 Å². The van der Waals surface area contributed by atoms with Gasteiger partial charge in [-0.3, -0.25) is 0 Å². The van der Waals surface area contributed by atoms with Crippen LogP contribution in [-0.4, -0.2) is 12.2 Å². The Hall–Kier alpha value is -0.0400. The third kappa shape index (κ3) is 1.58. The Morgan fingerprint density at radius 2 is 1.73 bits per heavy atom. The van der Waals surface area contributed by atoms with E-state index in [-0.39, 0.29) is 5.60 Å². The van der Waals surface area contributed by atoms with Crippen LogP contribution in [0.2, 0.25) is 0 Å². The summed E-state index contributed by atoms with van der Waals surface area (Å²) in [6.07, 6.45) is 3.95. The number of hydrogen-bond acceptors (Lipinski definition) is 1. The van der Waals surface area contributed by atoms with Crippen LogP contribution in [0.1, 0.15) is 47.0 Å². The molecule has 66 valence electrons. The van der Waals surface area contributed by atoms with Crippen LogP contribution in [0.4, 0.5) is 0 Å². The van der Waals surface area contributed by atoms with Crippen LogP contribution in [0.3, 0.4) is 0 Å². The maximum absolute atomic E-state index is 5.64. The molecule has 1 saturated heterocycles. The first-order valence-corrected chi connectivity index (χ1v) is 4.76. The van der Waals surface area contributed by atoms with E-state index in [0.29, 0.717) is 5.41 Å². The minimum atomic E-state index is 0.273. The summed E-state index contributed by atoms with van der Waals surface area (Å²) in [6, 6.07) is 0. The zero-order valence-corrected chi connectivity index (χ0v) is 8.24. The molecule has 2 atom stereocenters. The van der Waals surface area contributed by atoms with Crippen molar-refractivity contribution in [3.63, 3.8) is 0 Å². The van der Waals surface area contributed by atoms with E-state index in [1.54, 1.807) is 0 Å². The Balaban J connectivity index is 0.000000281. The number of hydrogen-bond donors (Lipinski definition) is 0. The normalized spacial score (nSPS) is 46.9. The molecule has 0 N–H and O–H groups in total. The van der Waals surface area contributed by atoms with Crippen molar-refractivity contribution in [3.05, 3.63) is 0 Å². The molecule has 1 nitrogen and oxygen atoms in total. The van der Waals surface area contributed by atoms with Gasteiger partial charge >= 0.3 is 0 Å². The molecule has 1 heterocycles. The molecule has 11 heavy (non-hydrogen) atoms. The van der Waals surface area contributed by atoms with Gasteiger partial charge in [-0.25, -0.2) is 0 Å². The zero-order valence-electron chi connectivity index (χ0n) is 8.24. The van der Waals surface area contributed by atoms with Gasteiger partial charge in [0.15, 0.2) is 0 Å². The average Bonchev–Trinajstić information content (AvgIpc) is 2.44. The second-order valence-corrected chi connectivity index (χ2v) is 4.23. The van der Waals surface area contributed by atoms with Gasteiger partial charge in [0.2, 0.25) is 0 Å². The lowest BCUT2D eigenvalue weighted by Gasteiger charge is -2.22. The second kappa shape index (κ2) is 2.78. The highest BCUT2D eigenvalue weighted by atomic mass is 16.5. The van der Waals surface area contributed by atoms with Crippen molar-refractivity contribution in [2.24, 2.45) is 5.41 Å². The van der Waals surface area contributed by atoms with Gasteiger partial charge in [0.05, 0.1) is 12.2 Å². The van der Waals surface area contributed by atoms with Gasteiger partial charge in [-0.2, -0.15) is 0 Å². The Morgan fingerprint density at radius 1 is 1.09 bits per heavy atom. The molecule has 1 heteroatoms. The minimum absolute atomic E-state index is 0.273. The molecule has 2 aliphatic rings. The van der Waals surface area contributed by atoms with Crippen molar-refractivity contribution in [2.75, 3.05) is 6.61 Å². The van der Waals surface area contributed by atoms with E-state index in [0.717, 1.165) is 6.61 Å². The van der Waals surface area contributed by atoms with Crippen molar-refractivity contribution in [1.29, 1.82) is 0 Å². The standard InChI is InChI=1S/C8H14O.C2H6/c1-7-3-4-8(2,5-7)9-6-7;1-2/h3-6H2,1-2H3;1-2H3. The molecule has 2 bridgehead atoms. The highest BCUT2D eigenvalue weighted by Gasteiger charge is 2.49. The molecular formula is C10H20O. The first-order chi connectivity index (χ1) is 5.12. The van der Waals surface area contributed by atoms with Crippen LogP contribution >= 0.6 is 0 Å². The van der Waals surface area contributed by atoms with Crippen LogP contribution in [0, 0.1) is 5.41 Å². The number of fused-ring (bicyclic) bond motifs is 2. The maximum atomic E-state index is 5.64. The first kappa shape index (κ1) is 9.05. The molecule has 0 spiro atoms. The van der Waals surface area contributed by atoms with Crippen molar-refractivity contribution < 1.29 is 4.74 Å². The zero-order chi connectivity index (χ0) is 8.54. The van der Waals surface area contributed by atoms with Gasteiger partial charge in [-0.15, -0.1) is 0 Å². The van der Waals surface area contributed by atoms with Gasteiger partial charge in [-0.05, 0) is 31.6 Å². The summed E-state index contributed by atoms with van der Waals surface area (Å²) in [6.45, 7) is 9.58. The fraction of sp³-hybridized carbons (Fsp3) is 1.00. The quantitative estimate of drug-likeness (QED) is 0.524. The van der Waals surface area contributed by atoms with E-state index in [1.165, 1.54) is 19.3 Å². The lowest BCUT2D eigenvalue weighted by Crippen LogP contribution is -2.22. The average molecular weight is 156 g/mol. The summed E-state index contributed by atoms with van der Waals surface area (Å²) in [7, 11) is 0. The monoisotopic (exact) mass is 156 g/mol. The van der Waals surface area contributed by atoms with E-state index >= 15 is 0 Å². The van der Waals surface area contributed by atoms with Gasteiger partial charge in [0.25, 0.3) is 0 Å². The van der Waals surface area contributed by atoms with E-state index in [1.807, 2.05) is 13.8 Å². The van der Waals surface area contributed by atoms with Crippen LogP contribution in [0.5, 0.6) is 0 Å². The van der Waals surface area contributed by atoms with Gasteiger partial charge in [0.1, 0.15) is 0 Å². The molecule has 0 aromatic rings. The summed E-state index contributed by atoms with van der Waals surface area (Å²) < 4.78 is 5.64. The molecule has 2 unspecified atom stereocenters. The fourth-order valence-electron chi connectivity index (χ4n) is 2.24. The van der Waals surface area contributed by atoms with Crippen molar-refractivity contribution in [3.8, 4) is 0 Å². The Morgan fingerprint density at radius 3 is 1.82 bits per heavy atom. The van der Waals surface area contributed by atoms with E-state index in [9.17, 15) is 0 Å². The van der Waals surface area contributed by atoms with Crippen LogP contribution in [0.25, 0.3) is 0 Å². The molecular weight excluding hydrogens is 136 g/mol. The van der Waals surface area contributed by atoms with Crippen molar-refractivity contribution in [1.82, 2.24) is 0 Å². The van der Waals surface area contributed by atoms with E-state index < -0.39 is 0 Å². The van der Waals surface area contributed by atoms with Crippen LogP contribution < -0.4 is 0 Å². The molecule has 2 fully saturated rings. The van der Waals surface area contributed by atoms with Gasteiger partial charge < -0.3 is 4.74 Å². The second-order valence-electron chi connectivity index (χ2n) is 4.23. The third-order valence-corrected chi connectivity index (χ3v) is 2.83. The van der Waals surface area contributed by atoms with Gasteiger partial charge in [0, 0.05) is 0 Å². The lowest BCUT2D eigenvalue weighted by molar-refractivity contribution is -0.0128. The minimum Gasteiger partial charge on any atom is -0.375 e. The van der Waals surface area contributed by atoms with Crippen molar-refractivity contribution in [2.45, 2.75) is 52.6 Å². The Kier molecular flexibility index (Phi) is 2.29. The van der Waals surface area contributed by atoms with E-state index in [2.05, 4.69) is 13.8 Å². The smallest absolute Gasteiger partial charge is 0.0661 e. The van der Waals surface area contributed by atoms with Crippen molar-refractivity contribution >= 4 is 0 Å². The number of rotatable bonds is 0. The highest BCUT2D eigenvalue weighted by molar-refractivity contribution is 4.99. The molecule has 1 saturated carbocycles. The van der Waals surface area contributed by atoms with E-state index in [4.69, 9.17) is 4.74 Å². The molecule has 0 radical (unpaired) electrons. The predicted molar refractivity (Wildman–Crippen MR) is 47.7 cm³/mol. The summed E-state index contributed by atoms with van der Waals surface area (Å²) in [5.41, 5.74) is 0.823. The Labute approximate surface area is 70.1 Å². The first-order valence-electron chi connectivity index (χ1n) is 4.76. The topological polar surface area (TPSA) is 9.23 Å². The summed E-state index contributed by atoms with van der Waals surface area (Å²) >= 11 is 0. The molecule has 0 aromatic heterocycles.